The highest BCUT2D eigenvalue weighted by atomic mass is 79.9. The molecule has 0 unspecified atom stereocenters. The topological polar surface area (TPSA) is 38.3 Å². The van der Waals surface area contributed by atoms with Gasteiger partial charge in [0.15, 0.2) is 6.61 Å². The highest BCUT2D eigenvalue weighted by Crippen LogP contribution is 2.26. The molecule has 0 atom stereocenters. The van der Waals surface area contributed by atoms with Crippen LogP contribution in [0.1, 0.15) is 11.1 Å². The maximum atomic E-state index is 11.9. The van der Waals surface area contributed by atoms with E-state index >= 15 is 0 Å². The summed E-state index contributed by atoms with van der Waals surface area (Å²) in [6.45, 7) is 3.90. The quantitative estimate of drug-likeness (QED) is 0.846. The minimum absolute atomic E-state index is 0.0638. The molecule has 21 heavy (non-hydrogen) atoms. The molecule has 3 nitrogen and oxygen atoms in total. The molecule has 1 amide bonds. The number of aryl methyl sites for hydroxylation is 2. The fourth-order valence-electron chi connectivity index (χ4n) is 1.89. The second kappa shape index (κ2) is 6.96. The molecule has 2 rings (SSSR count). The molecule has 0 heterocycles. The molecule has 0 spiro atoms. The standard InChI is InChI=1S/C16H15BrClNO2/c1-10-7-12(8-11(2)16(10)17)21-9-15(20)19-14-6-4-3-5-13(14)18/h3-8H,9H2,1-2H3,(H,19,20). The maximum absolute atomic E-state index is 11.9. The Labute approximate surface area is 137 Å². The SMILES string of the molecule is Cc1cc(OCC(=O)Nc2ccccc2Cl)cc(C)c1Br. The van der Waals surface area contributed by atoms with Crippen molar-refractivity contribution < 1.29 is 9.53 Å². The first-order valence-electron chi connectivity index (χ1n) is 6.41. The second-order valence-corrected chi connectivity index (χ2v) is 5.89. The van der Waals surface area contributed by atoms with E-state index in [1.165, 1.54) is 0 Å². The molecule has 2 aromatic carbocycles. The highest BCUT2D eigenvalue weighted by Gasteiger charge is 2.08. The molecule has 0 aromatic heterocycles. The smallest absolute Gasteiger partial charge is 0.262 e. The van der Waals surface area contributed by atoms with Gasteiger partial charge >= 0.3 is 0 Å². The summed E-state index contributed by atoms with van der Waals surface area (Å²) in [6, 6.07) is 10.9. The molecule has 0 radical (unpaired) electrons. The zero-order valence-electron chi connectivity index (χ0n) is 11.7. The summed E-state index contributed by atoms with van der Waals surface area (Å²) in [5.74, 6) is 0.420. The molecular weight excluding hydrogens is 354 g/mol. The third-order valence-electron chi connectivity index (χ3n) is 2.93. The largest absolute Gasteiger partial charge is 0.484 e. The van der Waals surface area contributed by atoms with E-state index in [2.05, 4.69) is 21.2 Å². The molecule has 0 saturated heterocycles. The van der Waals surface area contributed by atoms with E-state index in [1.807, 2.05) is 38.1 Å². The summed E-state index contributed by atoms with van der Waals surface area (Å²) in [5.41, 5.74) is 2.71. The summed E-state index contributed by atoms with van der Waals surface area (Å²) in [6.07, 6.45) is 0. The molecule has 110 valence electrons. The first-order chi connectivity index (χ1) is 9.97. The van der Waals surface area contributed by atoms with Crippen LogP contribution in [0.25, 0.3) is 0 Å². The van der Waals surface area contributed by atoms with Crippen LogP contribution in [0, 0.1) is 13.8 Å². The van der Waals surface area contributed by atoms with Gasteiger partial charge in [-0.3, -0.25) is 4.79 Å². The lowest BCUT2D eigenvalue weighted by atomic mass is 10.1. The summed E-state index contributed by atoms with van der Waals surface area (Å²) in [5, 5.41) is 3.22. The molecule has 0 fully saturated rings. The van der Waals surface area contributed by atoms with Crippen LogP contribution in [0.3, 0.4) is 0 Å². The number of benzene rings is 2. The molecule has 0 saturated carbocycles. The maximum Gasteiger partial charge on any atom is 0.262 e. The Morgan fingerprint density at radius 3 is 2.48 bits per heavy atom. The van der Waals surface area contributed by atoms with Crippen molar-refractivity contribution in [2.45, 2.75) is 13.8 Å². The highest BCUT2D eigenvalue weighted by molar-refractivity contribution is 9.10. The van der Waals surface area contributed by atoms with Gasteiger partial charge in [0, 0.05) is 4.47 Å². The predicted octanol–water partition coefficient (Wildman–Crippen LogP) is 4.74. The van der Waals surface area contributed by atoms with Crippen molar-refractivity contribution in [3.63, 3.8) is 0 Å². The lowest BCUT2D eigenvalue weighted by molar-refractivity contribution is -0.118. The van der Waals surface area contributed by atoms with Crippen LogP contribution in [0.4, 0.5) is 5.69 Å². The first-order valence-corrected chi connectivity index (χ1v) is 7.58. The lowest BCUT2D eigenvalue weighted by Gasteiger charge is -2.11. The van der Waals surface area contributed by atoms with Crippen LogP contribution >= 0.6 is 27.5 Å². The zero-order valence-corrected chi connectivity index (χ0v) is 14.1. The first kappa shape index (κ1) is 15.9. The van der Waals surface area contributed by atoms with Crippen molar-refractivity contribution in [1.29, 1.82) is 0 Å². The summed E-state index contributed by atoms with van der Waals surface area (Å²) < 4.78 is 6.57. The van der Waals surface area contributed by atoms with Crippen molar-refractivity contribution in [1.82, 2.24) is 0 Å². The molecule has 0 bridgehead atoms. The van der Waals surface area contributed by atoms with E-state index < -0.39 is 0 Å². The van der Waals surface area contributed by atoms with Gasteiger partial charge in [0.1, 0.15) is 5.75 Å². The molecule has 1 N–H and O–H groups in total. The number of carbonyl (C=O) groups excluding carboxylic acids is 1. The van der Waals surface area contributed by atoms with Crippen LogP contribution in [-0.2, 0) is 4.79 Å². The van der Waals surface area contributed by atoms with Crippen LogP contribution in [-0.4, -0.2) is 12.5 Å². The number of hydrogen-bond acceptors (Lipinski definition) is 2. The average Bonchev–Trinajstić information content (AvgIpc) is 2.45. The van der Waals surface area contributed by atoms with E-state index in [1.54, 1.807) is 12.1 Å². The Hall–Kier alpha value is -1.52. The van der Waals surface area contributed by atoms with Crippen LogP contribution in [0.2, 0.25) is 5.02 Å². The molecule has 2 aromatic rings. The molecule has 5 heteroatoms. The van der Waals surface area contributed by atoms with Gasteiger partial charge in [-0.1, -0.05) is 39.7 Å². The van der Waals surface area contributed by atoms with Gasteiger partial charge in [0.25, 0.3) is 5.91 Å². The minimum atomic E-state index is -0.249. The molecular formula is C16H15BrClNO2. The number of halogens is 2. The van der Waals surface area contributed by atoms with Gasteiger partial charge in [0.05, 0.1) is 10.7 Å². The Bertz CT molecular complexity index is 650. The Kier molecular flexibility index (Phi) is 5.26. The molecule has 0 aliphatic heterocycles. The van der Waals surface area contributed by atoms with Gasteiger partial charge in [-0.15, -0.1) is 0 Å². The van der Waals surface area contributed by atoms with Crippen molar-refractivity contribution in [2.75, 3.05) is 11.9 Å². The average molecular weight is 369 g/mol. The van der Waals surface area contributed by atoms with Crippen molar-refractivity contribution >= 4 is 39.1 Å². The van der Waals surface area contributed by atoms with Crippen molar-refractivity contribution in [3.8, 4) is 5.75 Å². The summed E-state index contributed by atoms with van der Waals surface area (Å²) in [4.78, 5) is 11.9. The van der Waals surface area contributed by atoms with Crippen LogP contribution < -0.4 is 10.1 Å². The fourth-order valence-corrected chi connectivity index (χ4v) is 2.30. The third-order valence-corrected chi connectivity index (χ3v) is 4.51. The predicted molar refractivity (Wildman–Crippen MR) is 89.2 cm³/mol. The Morgan fingerprint density at radius 1 is 1.24 bits per heavy atom. The normalized spacial score (nSPS) is 10.3. The van der Waals surface area contributed by atoms with E-state index in [0.717, 1.165) is 15.6 Å². The number of anilines is 1. The number of hydrogen-bond donors (Lipinski definition) is 1. The van der Waals surface area contributed by atoms with Crippen molar-refractivity contribution in [3.05, 3.63) is 57.0 Å². The van der Waals surface area contributed by atoms with Crippen LogP contribution in [0.15, 0.2) is 40.9 Å². The second-order valence-electron chi connectivity index (χ2n) is 4.69. The van der Waals surface area contributed by atoms with E-state index in [9.17, 15) is 4.79 Å². The van der Waals surface area contributed by atoms with Crippen LogP contribution in [0.5, 0.6) is 5.75 Å². The monoisotopic (exact) mass is 367 g/mol. The number of amides is 1. The fraction of sp³-hybridized carbons (Fsp3) is 0.188. The number of carbonyl (C=O) groups is 1. The number of rotatable bonds is 4. The minimum Gasteiger partial charge on any atom is -0.484 e. The Morgan fingerprint density at radius 2 is 1.86 bits per heavy atom. The zero-order chi connectivity index (χ0) is 15.4. The van der Waals surface area contributed by atoms with E-state index in [4.69, 9.17) is 16.3 Å². The van der Waals surface area contributed by atoms with Gasteiger partial charge < -0.3 is 10.1 Å². The molecule has 0 aliphatic rings. The van der Waals surface area contributed by atoms with Gasteiger partial charge in [0.2, 0.25) is 0 Å². The molecule has 0 aliphatic carbocycles. The number of para-hydroxylation sites is 1. The summed E-state index contributed by atoms with van der Waals surface area (Å²) >= 11 is 9.48. The third kappa shape index (κ3) is 4.22. The number of ether oxygens (including phenoxy) is 1. The van der Waals surface area contributed by atoms with Gasteiger partial charge in [-0.2, -0.15) is 0 Å². The van der Waals surface area contributed by atoms with Crippen molar-refractivity contribution in [2.24, 2.45) is 0 Å². The summed E-state index contributed by atoms with van der Waals surface area (Å²) in [7, 11) is 0. The lowest BCUT2D eigenvalue weighted by Crippen LogP contribution is -2.20. The Balaban J connectivity index is 1.97. The number of nitrogens with one attached hydrogen (secondary N) is 1. The van der Waals surface area contributed by atoms with Gasteiger partial charge in [-0.05, 0) is 49.2 Å². The van der Waals surface area contributed by atoms with E-state index in [-0.39, 0.29) is 12.5 Å². The van der Waals surface area contributed by atoms with E-state index in [0.29, 0.717) is 16.5 Å². The van der Waals surface area contributed by atoms with Gasteiger partial charge in [-0.25, -0.2) is 0 Å².